The number of para-hydroxylation sites is 2. The van der Waals surface area contributed by atoms with Crippen molar-refractivity contribution in [2.45, 2.75) is 39.7 Å². The Morgan fingerprint density at radius 3 is 1.40 bits per heavy atom. The molecule has 2 heterocycles. The molecule has 0 bridgehead atoms. The molecule has 0 aliphatic rings. The summed E-state index contributed by atoms with van der Waals surface area (Å²) in [5, 5.41) is 44.9. The molecular weight excluding hydrogens is 837 g/mol. The summed E-state index contributed by atoms with van der Waals surface area (Å²) in [4.78, 5) is 55.2. The van der Waals surface area contributed by atoms with Gasteiger partial charge in [0.2, 0.25) is 18.3 Å². The number of rotatable bonds is 12. The van der Waals surface area contributed by atoms with Crippen molar-refractivity contribution >= 4 is 35.2 Å². The van der Waals surface area contributed by atoms with Crippen molar-refractivity contribution in [3.63, 3.8) is 0 Å². The van der Waals surface area contributed by atoms with E-state index in [2.05, 4.69) is 30.4 Å². The highest BCUT2D eigenvalue weighted by Crippen LogP contribution is 2.18. The highest BCUT2D eigenvalue weighted by molar-refractivity contribution is 6.05. The molecule has 0 atom stereocenters. The number of aliphatic hydroxyl groups excluding tert-OH is 1. The summed E-state index contributed by atoms with van der Waals surface area (Å²) in [7, 11) is 0. The SMILES string of the molecule is Cc1nc(Cc2ccc(C(=O)Nc3ccccc3N)cc2)no1.Cc1nc(Cc2ccc(C(=O)O)cc2)no1.N/C(=C\O)Cc1ccc(C(=O)O)cc1.[C-]#[N+]Cc1ccc(C(=O)O)cc1. The van der Waals surface area contributed by atoms with Crippen molar-refractivity contribution in [3.8, 4) is 0 Å². The van der Waals surface area contributed by atoms with Crippen LogP contribution in [0.5, 0.6) is 0 Å². The second-order valence-electron chi connectivity index (χ2n) is 13.8. The van der Waals surface area contributed by atoms with Crippen LogP contribution in [0.2, 0.25) is 0 Å². The van der Waals surface area contributed by atoms with Crippen LogP contribution in [0.1, 0.15) is 87.1 Å². The Hall–Kier alpha value is -9.11. The minimum Gasteiger partial charge on any atom is -0.514 e. The summed E-state index contributed by atoms with van der Waals surface area (Å²) >= 11 is 0. The minimum atomic E-state index is -0.956. The van der Waals surface area contributed by atoms with Crippen molar-refractivity contribution in [2.75, 3.05) is 11.1 Å². The molecule has 1 amide bonds. The Labute approximate surface area is 372 Å². The number of carbonyl (C=O) groups is 4. The number of nitrogens with two attached hydrogens (primary N) is 2. The van der Waals surface area contributed by atoms with Gasteiger partial charge in [-0.15, -0.1) is 0 Å². The Bertz CT molecular complexity index is 2740. The molecule has 0 aliphatic carbocycles. The molecule has 0 saturated heterocycles. The lowest BCUT2D eigenvalue weighted by atomic mass is 10.1. The predicted molar refractivity (Wildman–Crippen MR) is 238 cm³/mol. The lowest BCUT2D eigenvalue weighted by Gasteiger charge is -2.08. The molecule has 0 unspecified atom stereocenters. The Balaban J connectivity index is 0.000000196. The van der Waals surface area contributed by atoms with Crippen LogP contribution in [-0.2, 0) is 25.8 Å². The Morgan fingerprint density at radius 1 is 0.631 bits per heavy atom. The van der Waals surface area contributed by atoms with Gasteiger partial charge in [-0.3, -0.25) is 4.79 Å². The number of aryl methyl sites for hydroxylation is 2. The van der Waals surface area contributed by atoms with Crippen molar-refractivity contribution in [1.82, 2.24) is 20.3 Å². The van der Waals surface area contributed by atoms with Gasteiger partial charge < -0.3 is 51.1 Å². The first kappa shape index (κ1) is 48.6. The molecule has 5 aromatic carbocycles. The molecule has 2 aromatic heterocycles. The third-order valence-corrected chi connectivity index (χ3v) is 8.73. The topological polar surface area (TPSA) is 295 Å². The van der Waals surface area contributed by atoms with Gasteiger partial charge in [-0.25, -0.2) is 21.0 Å². The molecule has 332 valence electrons. The lowest BCUT2D eigenvalue weighted by molar-refractivity contribution is 0.0686. The summed E-state index contributed by atoms with van der Waals surface area (Å²) in [5.41, 5.74) is 17.7. The van der Waals surface area contributed by atoms with Crippen molar-refractivity contribution in [1.29, 1.82) is 0 Å². The molecule has 18 nitrogen and oxygen atoms in total. The molecule has 7 rings (SSSR count). The minimum absolute atomic E-state index is 0.204. The number of aliphatic hydroxyl groups is 1. The zero-order chi connectivity index (χ0) is 47.3. The number of allylic oxidation sites excluding steroid dienone is 1. The van der Waals surface area contributed by atoms with Crippen molar-refractivity contribution in [3.05, 3.63) is 213 Å². The van der Waals surface area contributed by atoms with E-state index in [9.17, 15) is 19.2 Å². The second kappa shape index (κ2) is 24.4. The average molecular weight is 881 g/mol. The average Bonchev–Trinajstić information content (AvgIpc) is 3.91. The summed E-state index contributed by atoms with van der Waals surface area (Å²) < 4.78 is 9.78. The molecule has 0 fully saturated rings. The first-order valence-electron chi connectivity index (χ1n) is 19.4. The van der Waals surface area contributed by atoms with Crippen LogP contribution >= 0.6 is 0 Å². The monoisotopic (exact) mass is 880 g/mol. The Morgan fingerprint density at radius 2 is 1.03 bits per heavy atom. The highest BCUT2D eigenvalue weighted by atomic mass is 16.5. The normalized spacial score (nSPS) is 10.3. The molecule has 9 N–H and O–H groups in total. The molecule has 0 spiro atoms. The largest absolute Gasteiger partial charge is 0.514 e. The molecular formula is C47H44N8O10. The first-order valence-corrected chi connectivity index (χ1v) is 19.4. The number of nitrogens with one attached hydrogen (secondary N) is 1. The Kier molecular flexibility index (Phi) is 18.2. The van der Waals surface area contributed by atoms with Gasteiger partial charge in [-0.2, -0.15) is 9.97 Å². The summed E-state index contributed by atoms with van der Waals surface area (Å²) in [6.45, 7) is 10.4. The van der Waals surface area contributed by atoms with Crippen molar-refractivity contribution < 1.29 is 48.7 Å². The summed E-state index contributed by atoms with van der Waals surface area (Å²) in [6.07, 6.45) is 2.35. The van der Waals surface area contributed by atoms with Gasteiger partial charge in [0.15, 0.2) is 11.6 Å². The number of nitrogen functional groups attached to an aromatic ring is 1. The number of carbonyl (C=O) groups excluding carboxylic acids is 1. The fraction of sp³-hybridized carbons (Fsp3) is 0.128. The van der Waals surface area contributed by atoms with E-state index in [1.54, 1.807) is 86.6 Å². The van der Waals surface area contributed by atoms with Crippen LogP contribution in [0, 0.1) is 20.4 Å². The van der Waals surface area contributed by atoms with E-state index in [0.717, 1.165) is 28.5 Å². The number of carboxylic acids is 3. The molecule has 0 radical (unpaired) electrons. The summed E-state index contributed by atoms with van der Waals surface area (Å²) in [6, 6.07) is 33.7. The maximum absolute atomic E-state index is 12.2. The van der Waals surface area contributed by atoms with Crippen LogP contribution in [0.25, 0.3) is 4.85 Å². The fourth-order valence-electron chi connectivity index (χ4n) is 5.43. The van der Waals surface area contributed by atoms with Crippen LogP contribution in [0.3, 0.4) is 0 Å². The van der Waals surface area contributed by atoms with Gasteiger partial charge in [0, 0.05) is 49.9 Å². The number of hydrogen-bond donors (Lipinski definition) is 7. The quantitative estimate of drug-likeness (QED) is 0.0354. The van der Waals surface area contributed by atoms with E-state index in [1.165, 1.54) is 24.3 Å². The maximum atomic E-state index is 12.2. The zero-order valence-corrected chi connectivity index (χ0v) is 35.1. The third-order valence-electron chi connectivity index (χ3n) is 8.73. The van der Waals surface area contributed by atoms with Gasteiger partial charge in [0.25, 0.3) is 5.91 Å². The molecule has 0 aliphatic heterocycles. The van der Waals surface area contributed by atoms with Crippen LogP contribution in [-0.4, -0.2) is 64.5 Å². The number of anilines is 2. The van der Waals surface area contributed by atoms with Gasteiger partial charge in [0.05, 0.1) is 34.3 Å². The number of aromatic carboxylic acids is 3. The highest BCUT2D eigenvalue weighted by Gasteiger charge is 2.10. The number of benzene rings is 5. The fourth-order valence-corrected chi connectivity index (χ4v) is 5.43. The third kappa shape index (κ3) is 16.4. The maximum Gasteiger partial charge on any atom is 0.335 e. The summed E-state index contributed by atoms with van der Waals surface area (Å²) in [5.74, 6) is -0.746. The van der Waals surface area contributed by atoms with Crippen LogP contribution < -0.4 is 16.8 Å². The smallest absolute Gasteiger partial charge is 0.335 e. The van der Waals surface area contributed by atoms with E-state index in [4.69, 9.17) is 47.5 Å². The number of aromatic nitrogens is 4. The van der Waals surface area contributed by atoms with Crippen LogP contribution in [0.15, 0.2) is 142 Å². The van der Waals surface area contributed by atoms with Gasteiger partial charge in [0.1, 0.15) is 0 Å². The van der Waals surface area contributed by atoms with E-state index in [1.807, 2.05) is 24.3 Å². The predicted octanol–water partition coefficient (Wildman–Crippen LogP) is 7.56. The van der Waals surface area contributed by atoms with Crippen LogP contribution in [0.4, 0.5) is 11.4 Å². The van der Waals surface area contributed by atoms with E-state index in [-0.39, 0.29) is 22.6 Å². The van der Waals surface area contributed by atoms with E-state index < -0.39 is 17.9 Å². The number of nitrogens with zero attached hydrogens (tertiary/aromatic N) is 5. The van der Waals surface area contributed by atoms with Crippen molar-refractivity contribution in [2.24, 2.45) is 5.73 Å². The number of carboxylic acid groups (broad SMARTS) is 3. The lowest BCUT2D eigenvalue weighted by Crippen LogP contribution is -2.13. The number of hydrogen-bond acceptors (Lipinski definition) is 13. The molecule has 7 aromatic rings. The first-order chi connectivity index (χ1) is 31.1. The zero-order valence-electron chi connectivity index (χ0n) is 35.1. The molecule has 0 saturated carbocycles. The van der Waals surface area contributed by atoms with Gasteiger partial charge in [-0.1, -0.05) is 71.0 Å². The van der Waals surface area contributed by atoms with Gasteiger partial charge >= 0.3 is 17.9 Å². The molecule has 18 heteroatoms. The standard InChI is InChI=1S/C17H16N4O2.C11H10N2O3.C10H11NO3.C9H7NO2/c1-11-19-16(21-23-11)10-12-6-8-13(9-7-12)17(22)20-15-5-3-2-4-14(15)18;1-7-12-10(13-16-7)6-8-2-4-9(5-3-8)11(14)15;11-9(6-12)5-7-1-3-8(4-2-7)10(13)14;1-10-6-7-2-4-8(5-3-7)9(11)12/h2-9H,10,18H2,1H3,(H,20,22);2-5H,6H2,1H3,(H,14,15);1-4,6,12H,5,11H2,(H,13,14);2-5H,6H2,(H,11,12)/b;;9-6-;. The van der Waals surface area contributed by atoms with Gasteiger partial charge in [-0.05, 0) is 77.4 Å². The number of amides is 1. The van der Waals surface area contributed by atoms with E-state index >= 15 is 0 Å². The van der Waals surface area contributed by atoms with E-state index in [0.29, 0.717) is 71.9 Å². The second-order valence-corrected chi connectivity index (χ2v) is 13.8. The molecule has 65 heavy (non-hydrogen) atoms.